The molecule has 1 heterocycles. The van der Waals surface area contributed by atoms with Crippen LogP contribution >= 0.6 is 11.8 Å². The number of thioether (sulfide) groups is 1. The third-order valence-electron chi connectivity index (χ3n) is 2.47. The van der Waals surface area contributed by atoms with Gasteiger partial charge in [0.25, 0.3) is 0 Å². The van der Waals surface area contributed by atoms with Crippen molar-refractivity contribution in [3.05, 3.63) is 0 Å². The molecule has 1 aliphatic heterocycles. The molecule has 0 aliphatic carbocycles. The van der Waals surface area contributed by atoms with Crippen molar-refractivity contribution in [3.63, 3.8) is 0 Å². The Hall–Kier alpha value is 0.460. The van der Waals surface area contributed by atoms with E-state index in [2.05, 4.69) is 0 Å². The van der Waals surface area contributed by atoms with Crippen LogP contribution in [0.1, 0.15) is 26.7 Å². The van der Waals surface area contributed by atoms with Crippen LogP contribution in [0.25, 0.3) is 0 Å². The molecule has 2 nitrogen and oxygen atoms in total. The molecule has 1 aliphatic rings. The molecule has 0 radical (unpaired) electrons. The molecule has 1 fully saturated rings. The second-order valence-electron chi connectivity index (χ2n) is 3.67. The highest BCUT2D eigenvalue weighted by Gasteiger charge is 2.51. The number of rotatable bonds is 2. The summed E-state index contributed by atoms with van der Waals surface area (Å²) >= 11 is 1.54. The second-order valence-corrected chi connectivity index (χ2v) is 6.83. The largest absolute Gasteiger partial charge is 0.388 e. The smallest absolute Gasteiger partial charge is 0.119 e. The summed E-state index contributed by atoms with van der Waals surface area (Å²) in [5, 5.41) is 9.92. The van der Waals surface area contributed by atoms with Gasteiger partial charge in [0.1, 0.15) is 4.08 Å². The maximum absolute atomic E-state index is 11.7. The molecule has 1 N–H and O–H groups in total. The van der Waals surface area contributed by atoms with Crippen molar-refractivity contribution in [2.75, 3.05) is 12.0 Å². The van der Waals surface area contributed by atoms with Gasteiger partial charge in [-0.1, -0.05) is 0 Å². The summed E-state index contributed by atoms with van der Waals surface area (Å²) in [4.78, 5) is 0. The maximum atomic E-state index is 11.7. The third kappa shape index (κ3) is 1.44. The van der Waals surface area contributed by atoms with Crippen LogP contribution in [0, 0.1) is 0 Å². The lowest BCUT2D eigenvalue weighted by Gasteiger charge is -2.37. The Morgan fingerprint density at radius 3 is 2.33 bits per heavy atom. The second kappa shape index (κ2) is 3.31. The van der Waals surface area contributed by atoms with Crippen LogP contribution in [-0.2, 0) is 10.8 Å². The Morgan fingerprint density at radius 1 is 1.58 bits per heavy atom. The van der Waals surface area contributed by atoms with Gasteiger partial charge in [0.2, 0.25) is 0 Å². The van der Waals surface area contributed by atoms with E-state index in [1.54, 1.807) is 25.6 Å². The zero-order valence-electron chi connectivity index (χ0n) is 7.79. The molecule has 0 amide bonds. The standard InChI is InChI=1S/C8H16O2S2/c1-7(2,9)8(11-3)5-4-6-12(8)10/h9H,4-6H2,1-3H3/t8-,12?/m0/s1. The molecule has 72 valence electrons. The first kappa shape index (κ1) is 10.5. The zero-order chi connectivity index (χ0) is 9.41. The summed E-state index contributed by atoms with van der Waals surface area (Å²) in [7, 11) is -0.876. The fourth-order valence-corrected chi connectivity index (χ4v) is 5.25. The Labute approximate surface area is 80.6 Å². The van der Waals surface area contributed by atoms with Crippen molar-refractivity contribution in [1.82, 2.24) is 0 Å². The van der Waals surface area contributed by atoms with E-state index in [9.17, 15) is 9.32 Å². The highest BCUT2D eigenvalue weighted by atomic mass is 32.2. The minimum Gasteiger partial charge on any atom is -0.388 e. The molecule has 0 aromatic carbocycles. The quantitative estimate of drug-likeness (QED) is 0.744. The highest BCUT2D eigenvalue weighted by molar-refractivity contribution is 8.12. The molecular formula is C8H16O2S2. The Bertz CT molecular complexity index is 198. The average molecular weight is 208 g/mol. The molecule has 1 unspecified atom stereocenters. The average Bonchev–Trinajstić information content (AvgIpc) is 2.30. The van der Waals surface area contributed by atoms with Crippen LogP contribution in [0.4, 0.5) is 0 Å². The lowest BCUT2D eigenvalue weighted by molar-refractivity contribution is 0.0651. The van der Waals surface area contributed by atoms with E-state index in [4.69, 9.17) is 0 Å². The van der Waals surface area contributed by atoms with Crippen molar-refractivity contribution in [1.29, 1.82) is 0 Å². The molecule has 12 heavy (non-hydrogen) atoms. The van der Waals surface area contributed by atoms with E-state index in [-0.39, 0.29) is 0 Å². The van der Waals surface area contributed by atoms with Gasteiger partial charge in [0.05, 0.1) is 5.60 Å². The molecule has 0 aromatic rings. The van der Waals surface area contributed by atoms with Crippen molar-refractivity contribution in [2.45, 2.75) is 36.4 Å². The van der Waals surface area contributed by atoms with E-state index in [1.807, 2.05) is 6.26 Å². The van der Waals surface area contributed by atoms with E-state index < -0.39 is 20.5 Å². The number of hydrogen-bond donors (Lipinski definition) is 1. The van der Waals surface area contributed by atoms with Gasteiger partial charge in [-0.3, -0.25) is 4.21 Å². The van der Waals surface area contributed by atoms with Crippen LogP contribution in [0.3, 0.4) is 0 Å². The predicted molar refractivity (Wildman–Crippen MR) is 54.8 cm³/mol. The minimum atomic E-state index is -0.876. The van der Waals surface area contributed by atoms with Gasteiger partial charge in [-0.25, -0.2) is 0 Å². The van der Waals surface area contributed by atoms with E-state index >= 15 is 0 Å². The summed E-state index contributed by atoms with van der Waals surface area (Å²) < 4.78 is 11.3. The predicted octanol–water partition coefficient (Wildman–Crippen LogP) is 1.36. The molecule has 0 bridgehead atoms. The lowest BCUT2D eigenvalue weighted by Crippen LogP contribution is -2.48. The molecule has 0 saturated carbocycles. The number of hydrogen-bond acceptors (Lipinski definition) is 3. The van der Waals surface area contributed by atoms with Crippen molar-refractivity contribution >= 4 is 22.6 Å². The highest BCUT2D eigenvalue weighted by Crippen LogP contribution is 2.45. The van der Waals surface area contributed by atoms with Crippen LogP contribution in [0.5, 0.6) is 0 Å². The lowest BCUT2D eigenvalue weighted by atomic mass is 10.0. The summed E-state index contributed by atoms with van der Waals surface area (Å²) in [5.41, 5.74) is -0.840. The van der Waals surface area contributed by atoms with Crippen molar-refractivity contribution < 1.29 is 9.32 Å². The Kier molecular flexibility index (Phi) is 2.91. The zero-order valence-corrected chi connectivity index (χ0v) is 9.43. The van der Waals surface area contributed by atoms with Gasteiger partial charge in [-0.2, -0.15) is 0 Å². The monoisotopic (exact) mass is 208 g/mol. The van der Waals surface area contributed by atoms with E-state index in [0.29, 0.717) is 0 Å². The summed E-state index contributed by atoms with van der Waals surface area (Å²) in [5.74, 6) is 0.741. The van der Waals surface area contributed by atoms with Crippen molar-refractivity contribution in [3.8, 4) is 0 Å². The summed E-state index contributed by atoms with van der Waals surface area (Å²) in [6, 6.07) is 0. The van der Waals surface area contributed by atoms with Crippen molar-refractivity contribution in [2.24, 2.45) is 0 Å². The molecule has 2 atom stereocenters. The summed E-state index contributed by atoms with van der Waals surface area (Å²) in [6.07, 6.45) is 3.77. The van der Waals surface area contributed by atoms with Gasteiger partial charge in [-0.05, 0) is 32.9 Å². The maximum Gasteiger partial charge on any atom is 0.119 e. The molecule has 1 saturated heterocycles. The Balaban J connectivity index is 2.97. The third-order valence-corrected chi connectivity index (χ3v) is 6.98. The van der Waals surface area contributed by atoms with Crippen LogP contribution < -0.4 is 0 Å². The van der Waals surface area contributed by atoms with E-state index in [1.165, 1.54) is 0 Å². The molecular weight excluding hydrogens is 192 g/mol. The molecule has 0 spiro atoms. The molecule has 4 heteroatoms. The van der Waals surface area contributed by atoms with Gasteiger partial charge < -0.3 is 5.11 Å². The topological polar surface area (TPSA) is 37.3 Å². The fraction of sp³-hybridized carbons (Fsp3) is 1.00. The number of aliphatic hydroxyl groups is 1. The first-order valence-electron chi connectivity index (χ1n) is 4.10. The first-order chi connectivity index (χ1) is 5.44. The van der Waals surface area contributed by atoms with Gasteiger partial charge in [0, 0.05) is 16.6 Å². The van der Waals surface area contributed by atoms with Gasteiger partial charge >= 0.3 is 0 Å². The van der Waals surface area contributed by atoms with Gasteiger partial charge in [0.15, 0.2) is 0 Å². The first-order valence-corrected chi connectivity index (χ1v) is 6.64. The molecule has 0 aromatic heterocycles. The Morgan fingerprint density at radius 2 is 2.17 bits per heavy atom. The molecule has 1 rings (SSSR count). The fourth-order valence-electron chi connectivity index (χ4n) is 1.74. The minimum absolute atomic E-state index is 0.424. The van der Waals surface area contributed by atoms with Crippen LogP contribution in [0.2, 0.25) is 0 Å². The van der Waals surface area contributed by atoms with Gasteiger partial charge in [-0.15, -0.1) is 11.8 Å². The van der Waals surface area contributed by atoms with Crippen LogP contribution in [-0.4, -0.2) is 31.0 Å². The normalized spacial score (nSPS) is 37.2. The van der Waals surface area contributed by atoms with Crippen LogP contribution in [0.15, 0.2) is 0 Å². The summed E-state index contributed by atoms with van der Waals surface area (Å²) in [6.45, 7) is 3.51. The van der Waals surface area contributed by atoms with E-state index in [0.717, 1.165) is 18.6 Å². The SMILES string of the molecule is CS[C@@]1(C(C)(C)O)CCCS1=O.